The average molecular weight is 272 g/mol. The standard InChI is InChI=1S/C14H12N2O4/c17-15(18)13-9-8-12(14(10-13)16(19)20)7-6-11-4-2-1-3-5-11/h1-5,8-10H,6-7H2. The number of benzene rings is 2. The van der Waals surface area contributed by atoms with E-state index >= 15 is 0 Å². The van der Waals surface area contributed by atoms with Gasteiger partial charge >= 0.3 is 0 Å². The van der Waals surface area contributed by atoms with E-state index in [9.17, 15) is 20.2 Å². The van der Waals surface area contributed by atoms with Crippen molar-refractivity contribution < 1.29 is 9.85 Å². The normalized spacial score (nSPS) is 10.2. The molecule has 2 aromatic carbocycles. The summed E-state index contributed by atoms with van der Waals surface area (Å²) in [4.78, 5) is 20.4. The Morgan fingerprint density at radius 3 is 2.15 bits per heavy atom. The van der Waals surface area contributed by atoms with E-state index in [0.717, 1.165) is 11.6 Å². The van der Waals surface area contributed by atoms with Gasteiger partial charge in [0.25, 0.3) is 11.4 Å². The van der Waals surface area contributed by atoms with Crippen molar-refractivity contribution in [1.29, 1.82) is 0 Å². The number of nitrogens with zero attached hydrogens (tertiary/aromatic N) is 2. The summed E-state index contributed by atoms with van der Waals surface area (Å²) in [5, 5.41) is 21.6. The number of non-ortho nitro benzene ring substituents is 1. The number of rotatable bonds is 5. The van der Waals surface area contributed by atoms with Crippen molar-refractivity contribution in [2.75, 3.05) is 0 Å². The summed E-state index contributed by atoms with van der Waals surface area (Å²) in [6, 6.07) is 13.4. The van der Waals surface area contributed by atoms with Gasteiger partial charge in [-0.05, 0) is 24.5 Å². The van der Waals surface area contributed by atoms with Gasteiger partial charge in [-0.3, -0.25) is 20.2 Å². The molecule has 20 heavy (non-hydrogen) atoms. The Morgan fingerprint density at radius 2 is 1.55 bits per heavy atom. The lowest BCUT2D eigenvalue weighted by Gasteiger charge is -2.03. The molecule has 0 unspecified atom stereocenters. The first kappa shape index (κ1) is 13.7. The van der Waals surface area contributed by atoms with Gasteiger partial charge in [0.15, 0.2) is 0 Å². The summed E-state index contributed by atoms with van der Waals surface area (Å²) in [6.45, 7) is 0. The molecule has 0 amide bonds. The predicted octanol–water partition coefficient (Wildman–Crippen LogP) is 3.29. The van der Waals surface area contributed by atoms with Crippen LogP contribution in [0, 0.1) is 20.2 Å². The molecule has 0 aromatic heterocycles. The van der Waals surface area contributed by atoms with Crippen LogP contribution in [0.25, 0.3) is 0 Å². The van der Waals surface area contributed by atoms with Crippen LogP contribution in [-0.4, -0.2) is 9.85 Å². The van der Waals surface area contributed by atoms with Crippen molar-refractivity contribution in [2.24, 2.45) is 0 Å². The van der Waals surface area contributed by atoms with Gasteiger partial charge in [-0.2, -0.15) is 0 Å². The largest absolute Gasteiger partial charge is 0.279 e. The van der Waals surface area contributed by atoms with Crippen molar-refractivity contribution in [1.82, 2.24) is 0 Å². The SMILES string of the molecule is O=[N+]([O-])c1ccc(CCc2ccccc2)c([N+](=O)[O-])c1. The lowest BCUT2D eigenvalue weighted by Crippen LogP contribution is -1.99. The fraction of sp³-hybridized carbons (Fsp3) is 0.143. The molecular formula is C14H12N2O4. The van der Waals surface area contributed by atoms with Crippen LogP contribution in [-0.2, 0) is 12.8 Å². The van der Waals surface area contributed by atoms with Gasteiger partial charge < -0.3 is 0 Å². The van der Waals surface area contributed by atoms with Crippen LogP contribution in [0.5, 0.6) is 0 Å². The topological polar surface area (TPSA) is 86.3 Å². The maximum Gasteiger partial charge on any atom is 0.279 e. The molecule has 0 bridgehead atoms. The quantitative estimate of drug-likeness (QED) is 0.617. The van der Waals surface area contributed by atoms with E-state index in [4.69, 9.17) is 0 Å². The van der Waals surface area contributed by atoms with E-state index in [1.807, 2.05) is 30.3 Å². The van der Waals surface area contributed by atoms with E-state index in [0.29, 0.717) is 18.4 Å². The second kappa shape index (κ2) is 5.92. The molecule has 0 fully saturated rings. The zero-order valence-corrected chi connectivity index (χ0v) is 10.6. The minimum atomic E-state index is -0.631. The Hall–Kier alpha value is -2.76. The molecule has 0 heterocycles. The number of hydrogen-bond acceptors (Lipinski definition) is 4. The van der Waals surface area contributed by atoms with E-state index in [2.05, 4.69) is 0 Å². The molecule has 6 nitrogen and oxygen atoms in total. The van der Waals surface area contributed by atoms with Crippen molar-refractivity contribution >= 4 is 11.4 Å². The van der Waals surface area contributed by atoms with Crippen molar-refractivity contribution in [3.63, 3.8) is 0 Å². The van der Waals surface area contributed by atoms with Crippen LogP contribution in [0.2, 0.25) is 0 Å². The minimum Gasteiger partial charge on any atom is -0.258 e. The zero-order chi connectivity index (χ0) is 14.5. The lowest BCUT2D eigenvalue weighted by atomic mass is 10.0. The maximum absolute atomic E-state index is 11.0. The van der Waals surface area contributed by atoms with Gasteiger partial charge in [0.2, 0.25) is 0 Å². The molecule has 102 valence electrons. The lowest BCUT2D eigenvalue weighted by molar-refractivity contribution is -0.394. The minimum absolute atomic E-state index is 0.199. The fourth-order valence-electron chi connectivity index (χ4n) is 1.97. The predicted molar refractivity (Wildman–Crippen MR) is 73.6 cm³/mol. The van der Waals surface area contributed by atoms with E-state index in [1.54, 1.807) is 0 Å². The van der Waals surface area contributed by atoms with Crippen molar-refractivity contribution in [2.45, 2.75) is 12.8 Å². The molecule has 2 rings (SSSR count). The summed E-state index contributed by atoms with van der Waals surface area (Å²) in [7, 11) is 0. The Bertz CT molecular complexity index is 641. The highest BCUT2D eigenvalue weighted by atomic mass is 16.6. The summed E-state index contributed by atoms with van der Waals surface area (Å²) in [5.74, 6) is 0. The van der Waals surface area contributed by atoms with Crippen LogP contribution in [0.3, 0.4) is 0 Å². The number of aryl methyl sites for hydroxylation is 2. The summed E-state index contributed by atoms with van der Waals surface area (Å²) in [6.07, 6.45) is 1.12. The second-order valence-corrected chi connectivity index (χ2v) is 4.31. The smallest absolute Gasteiger partial charge is 0.258 e. The van der Waals surface area contributed by atoms with Gasteiger partial charge in [-0.25, -0.2) is 0 Å². The first-order valence-corrected chi connectivity index (χ1v) is 6.03. The van der Waals surface area contributed by atoms with Crippen LogP contribution in [0.4, 0.5) is 11.4 Å². The third-order valence-corrected chi connectivity index (χ3v) is 3.00. The first-order chi connectivity index (χ1) is 9.58. The monoisotopic (exact) mass is 272 g/mol. The highest BCUT2D eigenvalue weighted by Crippen LogP contribution is 2.25. The van der Waals surface area contributed by atoms with E-state index < -0.39 is 9.85 Å². The van der Waals surface area contributed by atoms with E-state index in [-0.39, 0.29) is 11.4 Å². The highest BCUT2D eigenvalue weighted by Gasteiger charge is 2.18. The molecule has 0 saturated heterocycles. The Labute approximate surface area is 115 Å². The summed E-state index contributed by atoms with van der Waals surface area (Å²) in [5.41, 5.74) is 1.11. The molecule has 0 N–H and O–H groups in total. The number of hydrogen-bond donors (Lipinski definition) is 0. The Balaban J connectivity index is 2.23. The van der Waals surface area contributed by atoms with Crippen molar-refractivity contribution in [3.05, 3.63) is 79.9 Å². The first-order valence-electron chi connectivity index (χ1n) is 6.03. The Kier molecular flexibility index (Phi) is 4.05. The molecule has 0 radical (unpaired) electrons. The average Bonchev–Trinajstić information content (AvgIpc) is 2.45. The molecule has 6 heteroatoms. The Morgan fingerprint density at radius 1 is 0.850 bits per heavy atom. The maximum atomic E-state index is 11.0. The van der Waals surface area contributed by atoms with Gasteiger partial charge in [-0.15, -0.1) is 0 Å². The van der Waals surface area contributed by atoms with E-state index in [1.165, 1.54) is 12.1 Å². The van der Waals surface area contributed by atoms with Gasteiger partial charge in [-0.1, -0.05) is 30.3 Å². The summed E-state index contributed by atoms with van der Waals surface area (Å²) >= 11 is 0. The van der Waals surface area contributed by atoms with Crippen molar-refractivity contribution in [3.8, 4) is 0 Å². The third-order valence-electron chi connectivity index (χ3n) is 3.00. The molecule has 0 aliphatic heterocycles. The molecule has 0 saturated carbocycles. The second-order valence-electron chi connectivity index (χ2n) is 4.31. The fourth-order valence-corrected chi connectivity index (χ4v) is 1.97. The number of nitro benzene ring substituents is 2. The summed E-state index contributed by atoms with van der Waals surface area (Å²) < 4.78 is 0. The van der Waals surface area contributed by atoms with Crippen LogP contribution in [0.15, 0.2) is 48.5 Å². The zero-order valence-electron chi connectivity index (χ0n) is 10.6. The van der Waals surface area contributed by atoms with Gasteiger partial charge in [0.05, 0.1) is 15.9 Å². The molecule has 2 aromatic rings. The van der Waals surface area contributed by atoms with Crippen LogP contribution >= 0.6 is 0 Å². The van der Waals surface area contributed by atoms with Crippen LogP contribution < -0.4 is 0 Å². The molecular weight excluding hydrogens is 260 g/mol. The third kappa shape index (κ3) is 3.17. The van der Waals surface area contributed by atoms with Gasteiger partial charge in [0.1, 0.15) is 0 Å². The van der Waals surface area contributed by atoms with Gasteiger partial charge in [0, 0.05) is 11.6 Å². The molecule has 0 aliphatic carbocycles. The molecule has 0 atom stereocenters. The highest BCUT2D eigenvalue weighted by molar-refractivity contribution is 5.49. The molecule has 0 spiro atoms. The van der Waals surface area contributed by atoms with Crippen LogP contribution in [0.1, 0.15) is 11.1 Å². The molecule has 0 aliphatic rings. The number of nitro groups is 2.